The van der Waals surface area contributed by atoms with E-state index in [1.165, 1.54) is 4.90 Å². The van der Waals surface area contributed by atoms with Gasteiger partial charge in [-0.1, -0.05) is 24.6 Å². The zero-order valence-corrected chi connectivity index (χ0v) is 12.8. The number of hydrogen-bond donors (Lipinski definition) is 3. The van der Waals surface area contributed by atoms with Crippen LogP contribution >= 0.6 is 11.6 Å². The molecule has 0 fully saturated rings. The molecule has 0 aliphatic carbocycles. The van der Waals surface area contributed by atoms with Crippen LogP contribution in [-0.4, -0.2) is 52.8 Å². The van der Waals surface area contributed by atoms with Crippen LogP contribution in [0.3, 0.4) is 0 Å². The van der Waals surface area contributed by atoms with Crippen molar-refractivity contribution in [3.8, 4) is 0 Å². The van der Waals surface area contributed by atoms with Gasteiger partial charge in [0.15, 0.2) is 0 Å². The Bertz CT molecular complexity index is 649. The van der Waals surface area contributed by atoms with Gasteiger partial charge >= 0.3 is 0 Å². The van der Waals surface area contributed by atoms with Crippen LogP contribution in [0.4, 0.5) is 0 Å². The molecule has 2 rings (SSSR count). The second-order valence-electron chi connectivity index (χ2n) is 5.70. The highest BCUT2D eigenvalue weighted by atomic mass is 35.5. The largest absolute Gasteiger partial charge is 0.396 e. The molecule has 0 saturated carbocycles. The number of H-pyrrole nitrogens is 1. The number of aromatic amines is 1. The summed E-state index contributed by atoms with van der Waals surface area (Å²) in [4.78, 5) is 16.9. The summed E-state index contributed by atoms with van der Waals surface area (Å²) in [5.74, 6) is -0.199. The van der Waals surface area contributed by atoms with Crippen molar-refractivity contribution in [3.05, 3.63) is 35.0 Å². The van der Waals surface area contributed by atoms with Crippen molar-refractivity contribution in [3.63, 3.8) is 0 Å². The predicted molar refractivity (Wildman–Crippen MR) is 82.5 cm³/mol. The van der Waals surface area contributed by atoms with Crippen molar-refractivity contribution in [2.45, 2.75) is 6.92 Å². The molecular formula is C15H19ClN2O3. The highest BCUT2D eigenvalue weighted by Gasteiger charge is 2.27. The van der Waals surface area contributed by atoms with Gasteiger partial charge in [0.1, 0.15) is 5.69 Å². The van der Waals surface area contributed by atoms with Crippen LogP contribution < -0.4 is 0 Å². The molecule has 1 heterocycles. The smallest absolute Gasteiger partial charge is 0.270 e. The predicted octanol–water partition coefficient (Wildman–Crippen LogP) is 1.88. The van der Waals surface area contributed by atoms with Crippen LogP contribution in [0.2, 0.25) is 5.02 Å². The van der Waals surface area contributed by atoms with Crippen molar-refractivity contribution in [2.24, 2.45) is 5.41 Å². The lowest BCUT2D eigenvalue weighted by atomic mass is 9.92. The summed E-state index contributed by atoms with van der Waals surface area (Å²) in [6.07, 6.45) is 0. The molecule has 0 aliphatic rings. The molecular weight excluding hydrogens is 292 g/mol. The number of halogens is 1. The van der Waals surface area contributed by atoms with E-state index in [-0.39, 0.29) is 25.7 Å². The molecule has 1 amide bonds. The quantitative estimate of drug-likeness (QED) is 0.789. The number of hydrogen-bond acceptors (Lipinski definition) is 3. The highest BCUT2D eigenvalue weighted by Crippen LogP contribution is 2.22. The fraction of sp³-hybridized carbons (Fsp3) is 0.400. The number of aliphatic hydroxyl groups excluding tert-OH is 2. The molecule has 3 N–H and O–H groups in total. The Kier molecular flexibility index (Phi) is 4.56. The monoisotopic (exact) mass is 310 g/mol. The molecule has 0 bridgehead atoms. The van der Waals surface area contributed by atoms with Gasteiger partial charge in [0.05, 0.1) is 13.2 Å². The number of carbonyl (C=O) groups is 1. The summed E-state index contributed by atoms with van der Waals surface area (Å²) in [5.41, 5.74) is 0.527. The molecule has 1 aromatic carbocycles. The summed E-state index contributed by atoms with van der Waals surface area (Å²) in [6, 6.07) is 7.14. The van der Waals surface area contributed by atoms with E-state index in [9.17, 15) is 15.0 Å². The summed E-state index contributed by atoms with van der Waals surface area (Å²) in [5, 5.41) is 20.1. The Hall–Kier alpha value is -1.56. The molecule has 0 radical (unpaired) electrons. The Morgan fingerprint density at radius 1 is 1.33 bits per heavy atom. The number of benzene rings is 1. The van der Waals surface area contributed by atoms with Crippen molar-refractivity contribution in [2.75, 3.05) is 26.8 Å². The summed E-state index contributed by atoms with van der Waals surface area (Å²) >= 11 is 5.92. The van der Waals surface area contributed by atoms with Crippen LogP contribution in [0.5, 0.6) is 0 Å². The van der Waals surface area contributed by atoms with Crippen molar-refractivity contribution in [1.29, 1.82) is 0 Å². The molecule has 5 nitrogen and oxygen atoms in total. The number of aromatic nitrogens is 1. The standard InChI is InChI=1S/C15H19ClN2O3/c1-15(8-19,9-20)7-18(2)14(21)13-5-10-3-4-11(16)6-12(10)17-13/h3-6,17,19-20H,7-9H2,1-2H3. The van der Waals surface area contributed by atoms with Crippen LogP contribution in [0, 0.1) is 5.41 Å². The highest BCUT2D eigenvalue weighted by molar-refractivity contribution is 6.31. The topological polar surface area (TPSA) is 76.6 Å². The molecule has 1 aromatic heterocycles. The zero-order chi connectivity index (χ0) is 15.6. The maximum Gasteiger partial charge on any atom is 0.270 e. The van der Waals surface area contributed by atoms with Gasteiger partial charge in [0, 0.05) is 34.9 Å². The molecule has 114 valence electrons. The van der Waals surface area contributed by atoms with Crippen molar-refractivity contribution in [1.82, 2.24) is 9.88 Å². The number of carbonyl (C=O) groups excluding carboxylic acids is 1. The zero-order valence-electron chi connectivity index (χ0n) is 12.1. The molecule has 0 spiro atoms. The SMILES string of the molecule is CN(CC(C)(CO)CO)C(=O)c1cc2ccc(Cl)cc2[nH]1. The second-order valence-corrected chi connectivity index (χ2v) is 6.14. The number of rotatable bonds is 5. The maximum atomic E-state index is 12.4. The number of nitrogens with zero attached hydrogens (tertiary/aromatic N) is 1. The number of fused-ring (bicyclic) bond motifs is 1. The Morgan fingerprint density at radius 2 is 2.00 bits per heavy atom. The van der Waals surface area contributed by atoms with E-state index in [1.807, 2.05) is 6.07 Å². The summed E-state index contributed by atoms with van der Waals surface area (Å²) in [6.45, 7) is 1.60. The van der Waals surface area contributed by atoms with Crippen molar-refractivity contribution >= 4 is 28.4 Å². The van der Waals surface area contributed by atoms with Gasteiger partial charge < -0.3 is 20.1 Å². The van der Waals surface area contributed by atoms with Gasteiger partial charge in [0.2, 0.25) is 0 Å². The first-order valence-corrected chi connectivity index (χ1v) is 7.02. The van der Waals surface area contributed by atoms with Crippen LogP contribution in [0.1, 0.15) is 17.4 Å². The fourth-order valence-electron chi connectivity index (χ4n) is 2.21. The molecule has 0 atom stereocenters. The van der Waals surface area contributed by atoms with E-state index in [1.54, 1.807) is 32.2 Å². The van der Waals surface area contributed by atoms with E-state index in [2.05, 4.69) is 4.98 Å². The molecule has 0 unspecified atom stereocenters. The van der Waals surface area contributed by atoms with E-state index in [0.717, 1.165) is 10.9 Å². The van der Waals surface area contributed by atoms with Crippen molar-refractivity contribution < 1.29 is 15.0 Å². The molecule has 2 aromatic rings. The normalized spacial score (nSPS) is 11.9. The van der Waals surface area contributed by atoms with Gasteiger partial charge in [-0.3, -0.25) is 4.79 Å². The third kappa shape index (κ3) is 3.37. The average Bonchev–Trinajstić information content (AvgIpc) is 2.89. The average molecular weight is 311 g/mol. The maximum absolute atomic E-state index is 12.4. The molecule has 0 aliphatic heterocycles. The van der Waals surface area contributed by atoms with Gasteiger partial charge in [-0.15, -0.1) is 0 Å². The van der Waals surface area contributed by atoms with Crippen LogP contribution in [0.15, 0.2) is 24.3 Å². The number of aliphatic hydroxyl groups is 2. The first kappa shape index (κ1) is 15.8. The van der Waals surface area contributed by atoms with E-state index < -0.39 is 5.41 Å². The molecule has 0 saturated heterocycles. The third-order valence-electron chi connectivity index (χ3n) is 3.54. The van der Waals surface area contributed by atoms with Gasteiger partial charge in [-0.25, -0.2) is 0 Å². The van der Waals surface area contributed by atoms with E-state index >= 15 is 0 Å². The fourth-order valence-corrected chi connectivity index (χ4v) is 2.39. The Balaban J connectivity index is 2.21. The third-order valence-corrected chi connectivity index (χ3v) is 3.78. The van der Waals surface area contributed by atoms with E-state index in [4.69, 9.17) is 11.6 Å². The second kappa shape index (κ2) is 6.05. The summed E-state index contributed by atoms with van der Waals surface area (Å²) in [7, 11) is 1.64. The molecule has 6 heteroatoms. The minimum atomic E-state index is -0.722. The first-order valence-electron chi connectivity index (χ1n) is 6.64. The van der Waals surface area contributed by atoms with Crippen LogP contribution in [-0.2, 0) is 0 Å². The summed E-state index contributed by atoms with van der Waals surface area (Å²) < 4.78 is 0. The number of nitrogens with one attached hydrogen (secondary N) is 1. The lowest BCUT2D eigenvalue weighted by molar-refractivity contribution is 0.0364. The Labute approximate surface area is 128 Å². The van der Waals surface area contributed by atoms with Crippen LogP contribution in [0.25, 0.3) is 10.9 Å². The minimum absolute atomic E-state index is 0.191. The van der Waals surface area contributed by atoms with Gasteiger partial charge in [0.25, 0.3) is 5.91 Å². The number of amides is 1. The van der Waals surface area contributed by atoms with Gasteiger partial charge in [-0.2, -0.15) is 0 Å². The minimum Gasteiger partial charge on any atom is -0.396 e. The Morgan fingerprint density at radius 3 is 2.62 bits per heavy atom. The lowest BCUT2D eigenvalue weighted by Gasteiger charge is -2.30. The first-order chi connectivity index (χ1) is 9.88. The van der Waals surface area contributed by atoms with E-state index in [0.29, 0.717) is 10.7 Å². The molecule has 21 heavy (non-hydrogen) atoms. The lowest BCUT2D eigenvalue weighted by Crippen LogP contribution is -2.41. The van der Waals surface area contributed by atoms with Gasteiger partial charge in [-0.05, 0) is 18.2 Å².